The van der Waals surface area contributed by atoms with Gasteiger partial charge in [0.2, 0.25) is 0 Å². The molecule has 1 saturated heterocycles. The highest BCUT2D eigenvalue weighted by molar-refractivity contribution is 6.30. The second-order valence-electron chi connectivity index (χ2n) is 5.22. The number of rotatable bonds is 3. The third-order valence-electron chi connectivity index (χ3n) is 3.76. The second kappa shape index (κ2) is 6.31. The molecule has 2 aromatic rings. The van der Waals surface area contributed by atoms with Gasteiger partial charge < -0.3 is 10.2 Å². The SMILES string of the molecule is Fc1cc(NC2CCN(c3ccccn3)CC2)ccc1Cl. The summed E-state index contributed by atoms with van der Waals surface area (Å²) in [6, 6.07) is 11.2. The largest absolute Gasteiger partial charge is 0.382 e. The number of pyridine rings is 1. The Morgan fingerprint density at radius 1 is 1.19 bits per heavy atom. The number of nitrogens with one attached hydrogen (secondary N) is 1. The standard InChI is InChI=1S/C16H17ClFN3/c17-14-5-4-13(11-15(14)18)20-12-6-9-21(10-7-12)16-3-1-2-8-19-16/h1-5,8,11-12,20H,6-7,9-10H2. The second-order valence-corrected chi connectivity index (χ2v) is 5.63. The quantitative estimate of drug-likeness (QED) is 0.930. The molecular formula is C16H17ClFN3. The van der Waals surface area contributed by atoms with Crippen LogP contribution in [0.2, 0.25) is 5.02 Å². The molecule has 0 aliphatic carbocycles. The van der Waals surface area contributed by atoms with E-state index in [1.165, 1.54) is 6.07 Å². The number of hydrogen-bond acceptors (Lipinski definition) is 3. The van der Waals surface area contributed by atoms with Crippen molar-refractivity contribution in [1.82, 2.24) is 4.98 Å². The number of piperidine rings is 1. The summed E-state index contributed by atoms with van der Waals surface area (Å²) in [4.78, 5) is 6.65. The maximum atomic E-state index is 13.4. The lowest BCUT2D eigenvalue weighted by atomic mass is 10.0. The van der Waals surface area contributed by atoms with Crippen LogP contribution in [0.15, 0.2) is 42.6 Å². The smallest absolute Gasteiger partial charge is 0.143 e. The summed E-state index contributed by atoms with van der Waals surface area (Å²) in [5.41, 5.74) is 0.785. The predicted molar refractivity (Wildman–Crippen MR) is 84.5 cm³/mol. The van der Waals surface area contributed by atoms with Gasteiger partial charge in [-0.15, -0.1) is 0 Å². The van der Waals surface area contributed by atoms with Crippen molar-refractivity contribution in [3.8, 4) is 0 Å². The Kier molecular flexibility index (Phi) is 4.25. The summed E-state index contributed by atoms with van der Waals surface area (Å²) < 4.78 is 13.4. The topological polar surface area (TPSA) is 28.2 Å². The Morgan fingerprint density at radius 2 is 2.00 bits per heavy atom. The summed E-state index contributed by atoms with van der Waals surface area (Å²) in [6.45, 7) is 1.90. The van der Waals surface area contributed by atoms with Gasteiger partial charge in [0.25, 0.3) is 0 Å². The third-order valence-corrected chi connectivity index (χ3v) is 4.07. The fourth-order valence-corrected chi connectivity index (χ4v) is 2.73. The fraction of sp³-hybridized carbons (Fsp3) is 0.312. The molecule has 0 bridgehead atoms. The first-order valence-electron chi connectivity index (χ1n) is 7.10. The van der Waals surface area contributed by atoms with Crippen molar-refractivity contribution in [2.45, 2.75) is 18.9 Å². The zero-order valence-corrected chi connectivity index (χ0v) is 12.4. The van der Waals surface area contributed by atoms with E-state index in [2.05, 4.69) is 15.2 Å². The van der Waals surface area contributed by atoms with Crippen LogP contribution in [0, 0.1) is 5.82 Å². The van der Waals surface area contributed by atoms with Crippen LogP contribution in [0.5, 0.6) is 0 Å². The molecule has 1 N–H and O–H groups in total. The molecule has 0 spiro atoms. The predicted octanol–water partition coefficient (Wildman–Crippen LogP) is 3.96. The normalized spacial score (nSPS) is 16.0. The maximum Gasteiger partial charge on any atom is 0.143 e. The molecule has 0 unspecified atom stereocenters. The lowest BCUT2D eigenvalue weighted by Crippen LogP contribution is -2.39. The maximum absolute atomic E-state index is 13.4. The van der Waals surface area contributed by atoms with Gasteiger partial charge in [-0.05, 0) is 43.2 Å². The van der Waals surface area contributed by atoms with Gasteiger partial charge >= 0.3 is 0 Å². The van der Waals surface area contributed by atoms with Gasteiger partial charge in [0.15, 0.2) is 0 Å². The Labute approximate surface area is 128 Å². The van der Waals surface area contributed by atoms with Gasteiger partial charge in [-0.25, -0.2) is 9.37 Å². The van der Waals surface area contributed by atoms with Crippen LogP contribution in [0.4, 0.5) is 15.9 Å². The van der Waals surface area contributed by atoms with Crippen LogP contribution in [0.25, 0.3) is 0 Å². The molecule has 0 amide bonds. The van der Waals surface area contributed by atoms with Crippen LogP contribution >= 0.6 is 11.6 Å². The summed E-state index contributed by atoms with van der Waals surface area (Å²) in [6.07, 6.45) is 3.82. The molecule has 0 saturated carbocycles. The molecule has 3 nitrogen and oxygen atoms in total. The van der Waals surface area contributed by atoms with E-state index in [1.54, 1.807) is 6.07 Å². The van der Waals surface area contributed by atoms with Crippen molar-refractivity contribution >= 4 is 23.1 Å². The third kappa shape index (κ3) is 3.45. The van der Waals surface area contributed by atoms with Gasteiger partial charge in [-0.1, -0.05) is 17.7 Å². The van der Waals surface area contributed by atoms with Crippen LogP contribution in [-0.2, 0) is 0 Å². The average molecular weight is 306 g/mol. The monoisotopic (exact) mass is 305 g/mol. The Morgan fingerprint density at radius 3 is 2.67 bits per heavy atom. The average Bonchev–Trinajstić information content (AvgIpc) is 2.53. The first-order chi connectivity index (χ1) is 10.2. The minimum Gasteiger partial charge on any atom is -0.382 e. The van der Waals surface area contributed by atoms with Gasteiger partial charge in [0.05, 0.1) is 5.02 Å². The van der Waals surface area contributed by atoms with E-state index in [-0.39, 0.29) is 10.8 Å². The number of hydrogen-bond donors (Lipinski definition) is 1. The molecule has 1 aromatic heterocycles. The minimum absolute atomic E-state index is 0.158. The first kappa shape index (κ1) is 14.1. The minimum atomic E-state index is -0.382. The Bertz CT molecular complexity index is 598. The lowest BCUT2D eigenvalue weighted by molar-refractivity contribution is 0.523. The number of anilines is 2. The van der Waals surface area contributed by atoms with Crippen molar-refractivity contribution in [3.05, 3.63) is 53.4 Å². The molecule has 1 aliphatic rings. The van der Waals surface area contributed by atoms with E-state index in [4.69, 9.17) is 11.6 Å². The van der Waals surface area contributed by atoms with Crippen molar-refractivity contribution < 1.29 is 4.39 Å². The molecule has 110 valence electrons. The van der Waals surface area contributed by atoms with Crippen molar-refractivity contribution in [2.24, 2.45) is 0 Å². The molecule has 21 heavy (non-hydrogen) atoms. The van der Waals surface area contributed by atoms with Crippen molar-refractivity contribution in [3.63, 3.8) is 0 Å². The van der Waals surface area contributed by atoms with Gasteiger partial charge in [-0.2, -0.15) is 0 Å². The van der Waals surface area contributed by atoms with Crippen LogP contribution < -0.4 is 10.2 Å². The lowest BCUT2D eigenvalue weighted by Gasteiger charge is -2.33. The van der Waals surface area contributed by atoms with Gasteiger partial charge in [0.1, 0.15) is 11.6 Å². The van der Waals surface area contributed by atoms with Crippen molar-refractivity contribution in [2.75, 3.05) is 23.3 Å². The zero-order valence-electron chi connectivity index (χ0n) is 11.6. The molecule has 5 heteroatoms. The molecular weight excluding hydrogens is 289 g/mol. The van der Waals surface area contributed by atoms with Crippen LogP contribution in [0.3, 0.4) is 0 Å². The highest BCUT2D eigenvalue weighted by Crippen LogP contribution is 2.23. The Balaban J connectivity index is 1.57. The summed E-state index contributed by atoms with van der Waals surface area (Å²) >= 11 is 5.69. The van der Waals surface area contributed by atoms with E-state index in [1.807, 2.05) is 30.5 Å². The van der Waals surface area contributed by atoms with Crippen molar-refractivity contribution in [1.29, 1.82) is 0 Å². The number of benzene rings is 1. The number of aromatic nitrogens is 1. The molecule has 1 fully saturated rings. The zero-order chi connectivity index (χ0) is 14.7. The number of halogens is 2. The summed E-state index contributed by atoms with van der Waals surface area (Å²) in [7, 11) is 0. The van der Waals surface area contributed by atoms with Crippen LogP contribution in [-0.4, -0.2) is 24.1 Å². The molecule has 1 aromatic carbocycles. The van der Waals surface area contributed by atoms with E-state index >= 15 is 0 Å². The van der Waals surface area contributed by atoms with E-state index in [0.717, 1.165) is 37.4 Å². The molecule has 0 atom stereocenters. The Hall–Kier alpha value is -1.81. The first-order valence-corrected chi connectivity index (χ1v) is 7.48. The van der Waals surface area contributed by atoms with Gasteiger partial charge in [-0.3, -0.25) is 0 Å². The van der Waals surface area contributed by atoms with E-state index in [9.17, 15) is 4.39 Å². The summed E-state index contributed by atoms with van der Waals surface area (Å²) in [5.74, 6) is 0.640. The molecule has 3 rings (SSSR count). The van der Waals surface area contributed by atoms with Gasteiger partial charge in [0, 0.05) is 31.0 Å². The van der Waals surface area contributed by atoms with E-state index < -0.39 is 0 Å². The highest BCUT2D eigenvalue weighted by atomic mass is 35.5. The highest BCUT2D eigenvalue weighted by Gasteiger charge is 2.20. The molecule has 1 aliphatic heterocycles. The van der Waals surface area contributed by atoms with E-state index in [0.29, 0.717) is 6.04 Å². The number of nitrogens with zero attached hydrogens (tertiary/aromatic N) is 2. The molecule has 0 radical (unpaired) electrons. The fourth-order valence-electron chi connectivity index (χ4n) is 2.62. The van der Waals surface area contributed by atoms with Crippen LogP contribution in [0.1, 0.15) is 12.8 Å². The summed E-state index contributed by atoms with van der Waals surface area (Å²) in [5, 5.41) is 3.53. The molecule has 2 heterocycles.